The van der Waals surface area contributed by atoms with Crippen LogP contribution >= 0.6 is 0 Å². The first-order chi connectivity index (χ1) is 8.09. The molecular weight excluding hydrogens is 212 g/mol. The summed E-state index contributed by atoms with van der Waals surface area (Å²) in [4.78, 5) is 2.59. The largest absolute Gasteiger partial charge is 0.377 e. The molecule has 17 heavy (non-hydrogen) atoms. The normalized spacial score (nSPS) is 23.3. The van der Waals surface area contributed by atoms with Gasteiger partial charge in [-0.25, -0.2) is 0 Å². The number of nitrogens with one attached hydrogen (secondary N) is 1. The molecule has 0 spiro atoms. The average molecular weight is 242 g/mol. The fourth-order valence-corrected chi connectivity index (χ4v) is 2.40. The minimum absolute atomic E-state index is 0.349. The van der Waals surface area contributed by atoms with Crippen molar-refractivity contribution in [2.45, 2.75) is 65.1 Å². The molecule has 0 aromatic rings. The van der Waals surface area contributed by atoms with Gasteiger partial charge in [0.2, 0.25) is 0 Å². The summed E-state index contributed by atoms with van der Waals surface area (Å²) in [7, 11) is 0. The van der Waals surface area contributed by atoms with E-state index in [1.165, 1.54) is 32.4 Å². The molecule has 3 heteroatoms. The highest BCUT2D eigenvalue weighted by molar-refractivity contribution is 4.76. The second-order valence-corrected chi connectivity index (χ2v) is 5.63. The van der Waals surface area contributed by atoms with Gasteiger partial charge in [0.1, 0.15) is 0 Å². The predicted octanol–water partition coefficient (Wildman–Crippen LogP) is 2.26. The van der Waals surface area contributed by atoms with Crippen molar-refractivity contribution in [3.63, 3.8) is 0 Å². The van der Waals surface area contributed by atoms with Crippen molar-refractivity contribution in [1.29, 1.82) is 0 Å². The summed E-state index contributed by atoms with van der Waals surface area (Å²) < 4.78 is 5.55. The molecule has 1 fully saturated rings. The summed E-state index contributed by atoms with van der Waals surface area (Å²) in [5, 5.41) is 3.62. The molecule has 1 heterocycles. The number of hydrogen-bond acceptors (Lipinski definition) is 3. The lowest BCUT2D eigenvalue weighted by atomic mass is 10.1. The van der Waals surface area contributed by atoms with E-state index in [0.29, 0.717) is 18.2 Å². The van der Waals surface area contributed by atoms with Crippen molar-refractivity contribution >= 4 is 0 Å². The molecule has 0 aliphatic carbocycles. The van der Waals surface area contributed by atoms with Gasteiger partial charge < -0.3 is 15.0 Å². The van der Waals surface area contributed by atoms with Gasteiger partial charge in [-0.3, -0.25) is 0 Å². The number of nitrogens with zero attached hydrogens (tertiary/aromatic N) is 1. The van der Waals surface area contributed by atoms with Crippen LogP contribution in [0.5, 0.6) is 0 Å². The monoisotopic (exact) mass is 242 g/mol. The summed E-state index contributed by atoms with van der Waals surface area (Å²) >= 11 is 0. The van der Waals surface area contributed by atoms with Crippen LogP contribution < -0.4 is 5.32 Å². The molecule has 0 aromatic carbocycles. The molecule has 1 saturated heterocycles. The molecular formula is C14H30N2O. The fourth-order valence-electron chi connectivity index (χ4n) is 2.40. The molecule has 0 amide bonds. The zero-order valence-electron chi connectivity index (χ0n) is 12.0. The van der Waals surface area contributed by atoms with Crippen molar-refractivity contribution in [1.82, 2.24) is 10.2 Å². The minimum Gasteiger partial charge on any atom is -0.377 e. The maximum atomic E-state index is 5.55. The smallest absolute Gasteiger partial charge is 0.0594 e. The Labute approximate surface area is 107 Å². The summed E-state index contributed by atoms with van der Waals surface area (Å²) in [6.45, 7) is 13.1. The topological polar surface area (TPSA) is 24.5 Å². The van der Waals surface area contributed by atoms with Gasteiger partial charge in [0.15, 0.2) is 0 Å². The van der Waals surface area contributed by atoms with Crippen LogP contribution in [0.2, 0.25) is 0 Å². The van der Waals surface area contributed by atoms with E-state index in [9.17, 15) is 0 Å². The predicted molar refractivity (Wildman–Crippen MR) is 73.4 cm³/mol. The quantitative estimate of drug-likeness (QED) is 0.723. The molecule has 3 nitrogen and oxygen atoms in total. The summed E-state index contributed by atoms with van der Waals surface area (Å²) in [5.41, 5.74) is 0. The van der Waals surface area contributed by atoms with Crippen molar-refractivity contribution in [3.05, 3.63) is 0 Å². The van der Waals surface area contributed by atoms with Gasteiger partial charge in [0, 0.05) is 18.6 Å². The molecule has 0 bridgehead atoms. The highest BCUT2D eigenvalue weighted by Crippen LogP contribution is 2.13. The highest BCUT2D eigenvalue weighted by Gasteiger charge is 2.17. The lowest BCUT2D eigenvalue weighted by molar-refractivity contribution is 0.0790. The van der Waals surface area contributed by atoms with Gasteiger partial charge in [-0.1, -0.05) is 0 Å². The van der Waals surface area contributed by atoms with Crippen LogP contribution in [0.15, 0.2) is 0 Å². The van der Waals surface area contributed by atoms with Gasteiger partial charge >= 0.3 is 0 Å². The third kappa shape index (κ3) is 6.39. The van der Waals surface area contributed by atoms with Crippen LogP contribution in [0.4, 0.5) is 0 Å². The Hall–Kier alpha value is -0.120. The van der Waals surface area contributed by atoms with Gasteiger partial charge in [-0.15, -0.1) is 0 Å². The van der Waals surface area contributed by atoms with Crippen molar-refractivity contribution < 1.29 is 4.74 Å². The second kappa shape index (κ2) is 8.06. The summed E-state index contributed by atoms with van der Waals surface area (Å²) in [5.74, 6) is 0. The van der Waals surface area contributed by atoms with E-state index in [2.05, 4.69) is 37.9 Å². The van der Waals surface area contributed by atoms with Crippen molar-refractivity contribution in [2.75, 3.05) is 26.2 Å². The first kappa shape index (κ1) is 14.9. The minimum atomic E-state index is 0.349. The van der Waals surface area contributed by atoms with Crippen molar-refractivity contribution in [2.24, 2.45) is 0 Å². The van der Waals surface area contributed by atoms with E-state index in [1.54, 1.807) is 0 Å². The summed E-state index contributed by atoms with van der Waals surface area (Å²) in [6, 6.07) is 1.38. The lowest BCUT2D eigenvalue weighted by Gasteiger charge is -2.24. The molecule has 0 aromatic heterocycles. The van der Waals surface area contributed by atoms with Gasteiger partial charge in [0.05, 0.1) is 12.7 Å². The molecule has 0 radical (unpaired) electrons. The molecule has 1 unspecified atom stereocenters. The molecule has 1 aliphatic rings. The fraction of sp³-hybridized carbons (Fsp3) is 1.00. The van der Waals surface area contributed by atoms with Crippen LogP contribution in [0.25, 0.3) is 0 Å². The lowest BCUT2D eigenvalue weighted by Crippen LogP contribution is -2.35. The molecule has 1 atom stereocenters. The van der Waals surface area contributed by atoms with Crippen LogP contribution in [-0.4, -0.2) is 49.3 Å². The SMILES string of the molecule is CC(C)OCCNC1CCCN(C(C)C)CC1. The van der Waals surface area contributed by atoms with Crippen LogP contribution in [0, 0.1) is 0 Å². The second-order valence-electron chi connectivity index (χ2n) is 5.63. The number of rotatable bonds is 6. The molecule has 102 valence electrons. The Balaban J connectivity index is 2.14. The number of ether oxygens (including phenoxy) is 1. The Morgan fingerprint density at radius 3 is 2.59 bits per heavy atom. The third-order valence-electron chi connectivity index (χ3n) is 3.48. The van der Waals surface area contributed by atoms with Gasteiger partial charge in [-0.05, 0) is 60.0 Å². The zero-order chi connectivity index (χ0) is 12.7. The van der Waals surface area contributed by atoms with E-state index >= 15 is 0 Å². The van der Waals surface area contributed by atoms with Crippen LogP contribution in [0.1, 0.15) is 47.0 Å². The molecule has 1 aliphatic heterocycles. The molecule has 1 rings (SSSR count). The first-order valence-electron chi connectivity index (χ1n) is 7.18. The Bertz CT molecular complexity index is 195. The van der Waals surface area contributed by atoms with Crippen LogP contribution in [0.3, 0.4) is 0 Å². The first-order valence-corrected chi connectivity index (χ1v) is 7.18. The van der Waals surface area contributed by atoms with Gasteiger partial charge in [0.25, 0.3) is 0 Å². The van der Waals surface area contributed by atoms with E-state index in [1.807, 2.05) is 0 Å². The highest BCUT2D eigenvalue weighted by atomic mass is 16.5. The molecule has 1 N–H and O–H groups in total. The van der Waals surface area contributed by atoms with Crippen LogP contribution in [-0.2, 0) is 4.74 Å². The van der Waals surface area contributed by atoms with Gasteiger partial charge in [-0.2, -0.15) is 0 Å². The maximum Gasteiger partial charge on any atom is 0.0594 e. The Morgan fingerprint density at radius 2 is 1.94 bits per heavy atom. The zero-order valence-corrected chi connectivity index (χ0v) is 12.0. The number of likely N-dealkylation sites (tertiary alicyclic amines) is 1. The Morgan fingerprint density at radius 1 is 1.18 bits per heavy atom. The molecule has 0 saturated carbocycles. The Kier molecular flexibility index (Phi) is 7.09. The maximum absolute atomic E-state index is 5.55. The van der Waals surface area contributed by atoms with E-state index in [0.717, 1.165) is 13.2 Å². The summed E-state index contributed by atoms with van der Waals surface area (Å²) in [6.07, 6.45) is 4.26. The third-order valence-corrected chi connectivity index (χ3v) is 3.48. The van der Waals surface area contributed by atoms with E-state index in [-0.39, 0.29) is 0 Å². The van der Waals surface area contributed by atoms with E-state index < -0.39 is 0 Å². The standard InChI is InChI=1S/C14H30N2O/c1-12(2)16-9-5-6-14(7-10-16)15-8-11-17-13(3)4/h12-15H,5-11H2,1-4H3. The number of hydrogen-bond donors (Lipinski definition) is 1. The van der Waals surface area contributed by atoms with E-state index in [4.69, 9.17) is 4.74 Å². The average Bonchev–Trinajstić information content (AvgIpc) is 2.49. The van der Waals surface area contributed by atoms with Crippen molar-refractivity contribution in [3.8, 4) is 0 Å².